The third-order valence-electron chi connectivity index (χ3n) is 3.26. The number of aryl methyl sites for hydroxylation is 1. The Hall–Kier alpha value is -1.69. The highest BCUT2D eigenvalue weighted by Gasteiger charge is 2.24. The maximum atomic E-state index is 12.2. The first-order valence-corrected chi connectivity index (χ1v) is 7.68. The van der Waals surface area contributed by atoms with Crippen molar-refractivity contribution in [2.24, 2.45) is 5.41 Å². The molecule has 0 fully saturated rings. The molecular formula is C15H21N3O2S. The molecule has 0 atom stereocenters. The molecule has 2 rings (SSSR count). The van der Waals surface area contributed by atoms with Crippen molar-refractivity contribution in [3.05, 3.63) is 28.4 Å². The smallest absolute Gasteiger partial charge is 0.294 e. The van der Waals surface area contributed by atoms with Gasteiger partial charge in [-0.3, -0.25) is 4.79 Å². The van der Waals surface area contributed by atoms with E-state index >= 15 is 0 Å². The second-order valence-corrected chi connectivity index (χ2v) is 7.20. The van der Waals surface area contributed by atoms with Crippen LogP contribution in [-0.2, 0) is 4.79 Å². The molecule has 0 N–H and O–H groups in total. The number of hydrogen-bond donors (Lipinski definition) is 0. The van der Waals surface area contributed by atoms with Crippen LogP contribution in [0.3, 0.4) is 0 Å². The van der Waals surface area contributed by atoms with Crippen LogP contribution in [0.25, 0.3) is 0 Å². The average Bonchev–Trinajstić information content (AvgIpc) is 2.78. The average molecular weight is 307 g/mol. The first kappa shape index (κ1) is 15.7. The summed E-state index contributed by atoms with van der Waals surface area (Å²) in [5, 5.41) is 8.95. The van der Waals surface area contributed by atoms with E-state index in [0.717, 1.165) is 17.1 Å². The van der Waals surface area contributed by atoms with Crippen molar-refractivity contribution in [1.29, 1.82) is 0 Å². The zero-order valence-electron chi connectivity index (χ0n) is 13.1. The topological polar surface area (TPSA) is 55.3 Å². The molecule has 1 aromatic heterocycles. The quantitative estimate of drug-likeness (QED) is 0.858. The van der Waals surface area contributed by atoms with Crippen molar-refractivity contribution >= 4 is 17.2 Å². The van der Waals surface area contributed by atoms with E-state index in [0.29, 0.717) is 5.19 Å². The minimum Gasteiger partial charge on any atom is -0.459 e. The number of amides is 1. The molecule has 1 heterocycles. The van der Waals surface area contributed by atoms with Crippen molar-refractivity contribution < 1.29 is 9.53 Å². The summed E-state index contributed by atoms with van der Waals surface area (Å²) in [6.45, 7) is 8.25. The summed E-state index contributed by atoms with van der Waals surface area (Å²) in [5.74, 6) is -0.101. The van der Waals surface area contributed by atoms with E-state index in [9.17, 15) is 4.79 Å². The number of carbonyl (C=O) groups is 1. The van der Waals surface area contributed by atoms with Crippen LogP contribution in [0.4, 0.5) is 0 Å². The van der Waals surface area contributed by atoms with Crippen molar-refractivity contribution in [2.45, 2.75) is 34.1 Å². The van der Waals surface area contributed by atoms with Gasteiger partial charge in [0.1, 0.15) is 5.01 Å². The van der Waals surface area contributed by atoms with Crippen LogP contribution >= 0.6 is 11.3 Å². The molecule has 0 aromatic carbocycles. The summed E-state index contributed by atoms with van der Waals surface area (Å²) < 4.78 is 5.39. The molecule has 0 saturated heterocycles. The van der Waals surface area contributed by atoms with Crippen LogP contribution in [0.1, 0.15) is 32.2 Å². The van der Waals surface area contributed by atoms with Gasteiger partial charge in [-0.15, -0.1) is 10.2 Å². The fourth-order valence-corrected chi connectivity index (χ4v) is 2.94. The van der Waals surface area contributed by atoms with Gasteiger partial charge in [-0.25, -0.2) is 0 Å². The first-order valence-electron chi connectivity index (χ1n) is 6.86. The molecule has 114 valence electrons. The number of ether oxygens (including phenoxy) is 1. The molecule has 6 heteroatoms. The Morgan fingerprint density at radius 3 is 2.71 bits per heavy atom. The summed E-state index contributed by atoms with van der Waals surface area (Å²) in [6, 6.07) is 0. The molecule has 1 aliphatic carbocycles. The summed E-state index contributed by atoms with van der Waals surface area (Å²) in [7, 11) is 1.77. The first-order chi connectivity index (χ1) is 9.77. The minimum absolute atomic E-state index is 0.0320. The maximum Gasteiger partial charge on any atom is 0.294 e. The zero-order valence-corrected chi connectivity index (χ0v) is 14.0. The molecule has 0 unspecified atom stereocenters. The van der Waals surface area contributed by atoms with Gasteiger partial charge in [0.15, 0.2) is 6.61 Å². The summed E-state index contributed by atoms with van der Waals surface area (Å²) in [4.78, 5) is 13.9. The van der Waals surface area contributed by atoms with E-state index in [1.807, 2.05) is 6.92 Å². The van der Waals surface area contributed by atoms with Crippen molar-refractivity contribution in [1.82, 2.24) is 15.1 Å². The summed E-state index contributed by atoms with van der Waals surface area (Å²) in [6.07, 6.45) is 5.20. The van der Waals surface area contributed by atoms with Gasteiger partial charge in [-0.05, 0) is 31.8 Å². The van der Waals surface area contributed by atoms with E-state index in [4.69, 9.17) is 4.74 Å². The van der Waals surface area contributed by atoms with Gasteiger partial charge < -0.3 is 9.64 Å². The van der Waals surface area contributed by atoms with E-state index in [1.165, 1.54) is 16.9 Å². The Morgan fingerprint density at radius 2 is 2.14 bits per heavy atom. The fraction of sp³-hybridized carbons (Fsp3) is 0.533. The highest BCUT2D eigenvalue weighted by molar-refractivity contribution is 7.12. The minimum atomic E-state index is -0.101. The lowest BCUT2D eigenvalue weighted by atomic mass is 9.81. The number of hydrogen-bond acceptors (Lipinski definition) is 5. The molecule has 0 aliphatic heterocycles. The van der Waals surface area contributed by atoms with Crippen molar-refractivity contribution in [3.8, 4) is 5.19 Å². The monoisotopic (exact) mass is 307 g/mol. The highest BCUT2D eigenvalue weighted by atomic mass is 32.1. The number of allylic oxidation sites excluding steroid dienone is 3. The molecule has 5 nitrogen and oxygen atoms in total. The molecule has 1 aliphatic rings. The van der Waals surface area contributed by atoms with Gasteiger partial charge >= 0.3 is 0 Å². The number of nitrogens with zero attached hydrogens (tertiary/aromatic N) is 3. The van der Waals surface area contributed by atoms with E-state index in [2.05, 4.69) is 43.1 Å². The lowest BCUT2D eigenvalue weighted by Gasteiger charge is -2.30. The lowest BCUT2D eigenvalue weighted by molar-refractivity contribution is -0.130. The third-order valence-corrected chi connectivity index (χ3v) is 4.01. The van der Waals surface area contributed by atoms with Crippen LogP contribution in [0.15, 0.2) is 23.4 Å². The largest absolute Gasteiger partial charge is 0.459 e. The number of carbonyl (C=O) groups excluding carboxylic acids is 1. The van der Waals surface area contributed by atoms with Crippen LogP contribution in [0.5, 0.6) is 5.19 Å². The van der Waals surface area contributed by atoms with Crippen molar-refractivity contribution in [2.75, 3.05) is 13.7 Å². The summed E-state index contributed by atoms with van der Waals surface area (Å²) in [5.41, 5.74) is 2.27. The second kappa shape index (κ2) is 5.97. The number of aromatic nitrogens is 2. The highest BCUT2D eigenvalue weighted by Crippen LogP contribution is 2.33. The molecule has 0 radical (unpaired) electrons. The Morgan fingerprint density at radius 1 is 1.43 bits per heavy atom. The van der Waals surface area contributed by atoms with Crippen LogP contribution in [0.2, 0.25) is 0 Å². The van der Waals surface area contributed by atoms with E-state index in [1.54, 1.807) is 11.9 Å². The Kier molecular flexibility index (Phi) is 4.46. The Labute approximate surface area is 129 Å². The van der Waals surface area contributed by atoms with Crippen LogP contribution in [0, 0.1) is 12.3 Å². The lowest BCUT2D eigenvalue weighted by Crippen LogP contribution is -2.32. The standard InChI is InChI=1S/C15H21N3O2S/c1-10-6-12(8-15(3,4)7-10)18(5)13(19)9-20-14-17-16-11(2)21-14/h6,8H,7,9H2,1-5H3. The zero-order chi connectivity index (χ0) is 15.6. The van der Waals surface area contributed by atoms with Crippen molar-refractivity contribution in [3.63, 3.8) is 0 Å². The van der Waals surface area contributed by atoms with Gasteiger partial charge in [0, 0.05) is 12.7 Å². The normalized spacial score (nSPS) is 17.0. The second-order valence-electron chi connectivity index (χ2n) is 6.05. The van der Waals surface area contributed by atoms with Crippen LogP contribution in [-0.4, -0.2) is 34.7 Å². The number of likely N-dealkylation sites (N-methyl/N-ethyl adjacent to an activating group) is 1. The Bertz CT molecular complexity index is 602. The van der Waals surface area contributed by atoms with Gasteiger partial charge in [0.05, 0.1) is 0 Å². The SMILES string of the molecule is CC1=CC(N(C)C(=O)COc2nnc(C)s2)=CC(C)(C)C1. The predicted octanol–water partition coefficient (Wildman–Crippen LogP) is 2.94. The van der Waals surface area contributed by atoms with Gasteiger partial charge in [0.2, 0.25) is 0 Å². The maximum absolute atomic E-state index is 12.2. The molecule has 0 spiro atoms. The molecular weight excluding hydrogens is 286 g/mol. The Balaban J connectivity index is 2.00. The third kappa shape index (κ3) is 4.14. The fourth-order valence-electron chi connectivity index (χ4n) is 2.41. The molecule has 0 saturated carbocycles. The van der Waals surface area contributed by atoms with Crippen LogP contribution < -0.4 is 4.74 Å². The van der Waals surface area contributed by atoms with Gasteiger partial charge in [-0.1, -0.05) is 36.8 Å². The van der Waals surface area contributed by atoms with E-state index in [-0.39, 0.29) is 17.9 Å². The predicted molar refractivity (Wildman–Crippen MR) is 83.1 cm³/mol. The molecule has 21 heavy (non-hydrogen) atoms. The molecule has 1 aromatic rings. The molecule has 1 amide bonds. The van der Waals surface area contributed by atoms with Gasteiger partial charge in [0.25, 0.3) is 11.1 Å². The summed E-state index contributed by atoms with van der Waals surface area (Å²) >= 11 is 1.34. The molecule has 0 bridgehead atoms. The number of rotatable bonds is 4. The van der Waals surface area contributed by atoms with E-state index < -0.39 is 0 Å². The van der Waals surface area contributed by atoms with Gasteiger partial charge in [-0.2, -0.15) is 0 Å².